The molecule has 0 bridgehead atoms. The molecule has 1 N–H and O–H groups in total. The van der Waals surface area contributed by atoms with Crippen molar-refractivity contribution in [1.82, 2.24) is 14.8 Å². The molecule has 66 valence electrons. The molecule has 1 aromatic heterocycles. The molecule has 1 saturated carbocycles. The summed E-state index contributed by atoms with van der Waals surface area (Å²) in [4.78, 5) is 0. The van der Waals surface area contributed by atoms with Crippen molar-refractivity contribution in [2.75, 3.05) is 0 Å². The van der Waals surface area contributed by atoms with Crippen molar-refractivity contribution in [1.29, 1.82) is 0 Å². The zero-order valence-corrected chi connectivity index (χ0v) is 7.31. The molecular formula is C8H13N3O. The van der Waals surface area contributed by atoms with Gasteiger partial charge >= 0.3 is 0 Å². The van der Waals surface area contributed by atoms with E-state index in [1.165, 1.54) is 0 Å². The fourth-order valence-corrected chi connectivity index (χ4v) is 1.76. The van der Waals surface area contributed by atoms with Gasteiger partial charge in [-0.15, -0.1) is 10.2 Å². The summed E-state index contributed by atoms with van der Waals surface area (Å²) < 4.78 is 1.96. The van der Waals surface area contributed by atoms with Gasteiger partial charge in [0, 0.05) is 11.5 Å². The van der Waals surface area contributed by atoms with Crippen LogP contribution in [-0.2, 0) is 0 Å². The maximum Gasteiger partial charge on any atom is 0.119 e. The number of hydrogen-bond donors (Lipinski definition) is 1. The lowest BCUT2D eigenvalue weighted by Crippen LogP contribution is -2.49. The van der Waals surface area contributed by atoms with Crippen LogP contribution in [0.4, 0.5) is 0 Å². The van der Waals surface area contributed by atoms with Crippen molar-refractivity contribution in [3.63, 3.8) is 0 Å². The van der Waals surface area contributed by atoms with Crippen molar-refractivity contribution in [2.45, 2.75) is 32.4 Å². The molecule has 0 spiro atoms. The van der Waals surface area contributed by atoms with E-state index in [-0.39, 0.29) is 11.5 Å². The van der Waals surface area contributed by atoms with Crippen LogP contribution < -0.4 is 0 Å². The third kappa shape index (κ3) is 0.876. The lowest BCUT2D eigenvalue weighted by atomic mass is 9.64. The van der Waals surface area contributed by atoms with E-state index in [4.69, 9.17) is 0 Å². The Morgan fingerprint density at radius 3 is 2.42 bits per heavy atom. The smallest absolute Gasteiger partial charge is 0.119 e. The van der Waals surface area contributed by atoms with E-state index in [2.05, 4.69) is 24.0 Å². The van der Waals surface area contributed by atoms with Gasteiger partial charge in [0.05, 0.1) is 6.10 Å². The summed E-state index contributed by atoms with van der Waals surface area (Å²) in [6.45, 7) is 4.12. The minimum absolute atomic E-state index is 0.0393. The van der Waals surface area contributed by atoms with Crippen LogP contribution in [0.1, 0.15) is 26.3 Å². The second-order valence-electron chi connectivity index (χ2n) is 4.00. The Bertz CT molecular complexity index is 268. The van der Waals surface area contributed by atoms with Crippen LogP contribution in [-0.4, -0.2) is 26.0 Å². The van der Waals surface area contributed by atoms with Crippen LogP contribution in [0, 0.1) is 5.41 Å². The molecule has 1 aliphatic carbocycles. The number of hydrogen-bond acceptors (Lipinski definition) is 3. The van der Waals surface area contributed by atoms with Gasteiger partial charge < -0.3 is 9.67 Å². The monoisotopic (exact) mass is 167 g/mol. The van der Waals surface area contributed by atoms with Crippen LogP contribution in [0.3, 0.4) is 0 Å². The predicted molar refractivity (Wildman–Crippen MR) is 43.5 cm³/mol. The summed E-state index contributed by atoms with van der Waals surface area (Å²) in [5.74, 6) is 0. The summed E-state index contributed by atoms with van der Waals surface area (Å²) in [6, 6.07) is 0.350. The van der Waals surface area contributed by atoms with E-state index in [1.54, 1.807) is 12.7 Å². The first-order valence-electron chi connectivity index (χ1n) is 4.14. The number of aliphatic hydroxyl groups excluding tert-OH is 1. The number of aliphatic hydroxyl groups is 1. The van der Waals surface area contributed by atoms with Gasteiger partial charge in [-0.1, -0.05) is 13.8 Å². The van der Waals surface area contributed by atoms with Gasteiger partial charge in [-0.3, -0.25) is 0 Å². The Kier molecular flexibility index (Phi) is 1.48. The van der Waals surface area contributed by atoms with Gasteiger partial charge in [-0.2, -0.15) is 0 Å². The predicted octanol–water partition coefficient (Wildman–Crippen LogP) is 0.610. The Morgan fingerprint density at radius 1 is 1.42 bits per heavy atom. The highest BCUT2D eigenvalue weighted by Crippen LogP contribution is 2.49. The largest absolute Gasteiger partial charge is 0.392 e. The molecular weight excluding hydrogens is 154 g/mol. The first-order valence-corrected chi connectivity index (χ1v) is 4.14. The second-order valence-corrected chi connectivity index (χ2v) is 4.00. The van der Waals surface area contributed by atoms with E-state index in [0.717, 1.165) is 6.42 Å². The minimum atomic E-state index is -0.190. The highest BCUT2D eigenvalue weighted by Gasteiger charge is 2.48. The lowest BCUT2D eigenvalue weighted by Gasteiger charge is -2.49. The molecule has 1 aromatic rings. The first-order chi connectivity index (χ1) is 5.62. The Balaban J connectivity index is 2.19. The molecule has 1 heterocycles. The molecule has 0 aliphatic heterocycles. The number of aromatic nitrogens is 3. The standard InChI is InChI=1S/C8H13N3O/c1-8(2)6(3-7(8)12)11-4-9-10-5-11/h4-7,12H,3H2,1-2H3. The average Bonchev–Trinajstić information content (AvgIpc) is 2.51. The highest BCUT2D eigenvalue weighted by atomic mass is 16.3. The third-order valence-electron chi connectivity index (χ3n) is 2.96. The molecule has 0 amide bonds. The molecule has 2 unspecified atom stereocenters. The highest BCUT2D eigenvalue weighted by molar-refractivity contribution is 5.00. The Labute approximate surface area is 71.2 Å². The third-order valence-corrected chi connectivity index (χ3v) is 2.96. The Hall–Kier alpha value is -0.900. The van der Waals surface area contributed by atoms with Crippen molar-refractivity contribution >= 4 is 0 Å². The quantitative estimate of drug-likeness (QED) is 0.666. The maximum absolute atomic E-state index is 9.49. The van der Waals surface area contributed by atoms with Crippen molar-refractivity contribution in [2.24, 2.45) is 5.41 Å². The maximum atomic E-state index is 9.49. The summed E-state index contributed by atoms with van der Waals surface area (Å²) >= 11 is 0. The molecule has 4 heteroatoms. The van der Waals surface area contributed by atoms with Gasteiger partial charge in [-0.05, 0) is 6.42 Å². The van der Waals surface area contributed by atoms with Gasteiger partial charge in [0.2, 0.25) is 0 Å². The van der Waals surface area contributed by atoms with E-state index in [9.17, 15) is 5.11 Å². The molecule has 1 aliphatic rings. The topological polar surface area (TPSA) is 50.9 Å². The summed E-state index contributed by atoms with van der Waals surface area (Å²) in [6.07, 6.45) is 4.03. The normalized spacial score (nSPS) is 32.9. The van der Waals surface area contributed by atoms with Gasteiger partial charge in [0.1, 0.15) is 12.7 Å². The van der Waals surface area contributed by atoms with Crippen molar-refractivity contribution < 1.29 is 5.11 Å². The molecule has 0 aromatic carbocycles. The molecule has 0 saturated heterocycles. The van der Waals surface area contributed by atoms with E-state index < -0.39 is 0 Å². The van der Waals surface area contributed by atoms with Crippen LogP contribution in [0.15, 0.2) is 12.7 Å². The van der Waals surface area contributed by atoms with Gasteiger partial charge in [0.25, 0.3) is 0 Å². The lowest BCUT2D eigenvalue weighted by molar-refractivity contribution is -0.0894. The number of rotatable bonds is 1. The average molecular weight is 167 g/mol. The van der Waals surface area contributed by atoms with Crippen LogP contribution in [0.5, 0.6) is 0 Å². The zero-order valence-electron chi connectivity index (χ0n) is 7.31. The molecule has 2 atom stereocenters. The summed E-state index contributed by atoms with van der Waals surface area (Å²) in [7, 11) is 0. The van der Waals surface area contributed by atoms with Crippen LogP contribution in [0.2, 0.25) is 0 Å². The van der Waals surface area contributed by atoms with E-state index >= 15 is 0 Å². The fourth-order valence-electron chi connectivity index (χ4n) is 1.76. The van der Waals surface area contributed by atoms with Crippen LogP contribution >= 0.6 is 0 Å². The SMILES string of the molecule is CC1(C)C(O)CC1n1cnnc1. The van der Waals surface area contributed by atoms with Gasteiger partial charge in [-0.25, -0.2) is 0 Å². The Morgan fingerprint density at radius 2 is 2.00 bits per heavy atom. The molecule has 0 radical (unpaired) electrons. The first kappa shape index (κ1) is 7.73. The molecule has 4 nitrogen and oxygen atoms in total. The molecule has 12 heavy (non-hydrogen) atoms. The van der Waals surface area contributed by atoms with Crippen molar-refractivity contribution in [3.05, 3.63) is 12.7 Å². The minimum Gasteiger partial charge on any atom is -0.392 e. The van der Waals surface area contributed by atoms with E-state index in [1.807, 2.05) is 4.57 Å². The van der Waals surface area contributed by atoms with Gasteiger partial charge in [0.15, 0.2) is 0 Å². The second kappa shape index (κ2) is 2.29. The fraction of sp³-hybridized carbons (Fsp3) is 0.750. The summed E-state index contributed by atoms with van der Waals surface area (Å²) in [5, 5.41) is 17.0. The molecule has 2 rings (SSSR count). The molecule has 1 fully saturated rings. The zero-order chi connectivity index (χ0) is 8.77. The van der Waals surface area contributed by atoms with E-state index in [0.29, 0.717) is 6.04 Å². The number of nitrogens with zero attached hydrogens (tertiary/aromatic N) is 3. The van der Waals surface area contributed by atoms with Crippen LogP contribution in [0.25, 0.3) is 0 Å². The summed E-state index contributed by atoms with van der Waals surface area (Å²) in [5.41, 5.74) is -0.0393. The van der Waals surface area contributed by atoms with Crippen molar-refractivity contribution in [3.8, 4) is 0 Å².